The molecule has 0 unspecified atom stereocenters. The summed E-state index contributed by atoms with van der Waals surface area (Å²) in [6.45, 7) is 1.23. The van der Waals surface area contributed by atoms with E-state index in [-0.39, 0.29) is 18.0 Å². The SMILES string of the molecule is COCCOCCC(=O)Nc1cccc(-n2cc(C(=O)O)nn2)c1. The van der Waals surface area contributed by atoms with Crippen LogP contribution in [0.4, 0.5) is 5.69 Å². The lowest BCUT2D eigenvalue weighted by atomic mass is 10.2. The summed E-state index contributed by atoms with van der Waals surface area (Å²) in [6.07, 6.45) is 1.52. The van der Waals surface area contributed by atoms with Crippen LogP contribution in [0.25, 0.3) is 5.69 Å². The van der Waals surface area contributed by atoms with E-state index in [0.717, 1.165) is 0 Å². The van der Waals surface area contributed by atoms with Gasteiger partial charge in [0, 0.05) is 12.8 Å². The van der Waals surface area contributed by atoms with Crippen LogP contribution in [-0.4, -0.2) is 58.9 Å². The maximum absolute atomic E-state index is 11.9. The van der Waals surface area contributed by atoms with Crippen molar-refractivity contribution in [3.05, 3.63) is 36.2 Å². The number of nitrogens with zero attached hydrogens (tertiary/aromatic N) is 3. The molecule has 2 aromatic rings. The molecule has 0 radical (unpaired) electrons. The highest BCUT2D eigenvalue weighted by atomic mass is 16.5. The van der Waals surface area contributed by atoms with Crippen LogP contribution in [0.3, 0.4) is 0 Å². The lowest BCUT2D eigenvalue weighted by molar-refractivity contribution is -0.117. The molecule has 2 N–H and O–H groups in total. The summed E-state index contributed by atoms with van der Waals surface area (Å²) in [5, 5.41) is 18.9. The first-order valence-electron chi connectivity index (χ1n) is 7.23. The molecule has 1 aromatic carbocycles. The Morgan fingerprint density at radius 3 is 2.83 bits per heavy atom. The number of carbonyl (C=O) groups is 2. The van der Waals surface area contributed by atoms with Crippen LogP contribution >= 0.6 is 0 Å². The summed E-state index contributed by atoms with van der Waals surface area (Å²) in [5.41, 5.74) is 1.00. The minimum absolute atomic E-state index is 0.155. The smallest absolute Gasteiger partial charge is 0.358 e. The van der Waals surface area contributed by atoms with Gasteiger partial charge in [-0.3, -0.25) is 4.79 Å². The van der Waals surface area contributed by atoms with Crippen molar-refractivity contribution in [2.24, 2.45) is 0 Å². The number of nitrogens with one attached hydrogen (secondary N) is 1. The number of benzene rings is 1. The maximum atomic E-state index is 11.9. The second-order valence-electron chi connectivity index (χ2n) is 4.81. The quantitative estimate of drug-likeness (QED) is 0.656. The Hall–Kier alpha value is -2.78. The van der Waals surface area contributed by atoms with Crippen molar-refractivity contribution < 1.29 is 24.2 Å². The Morgan fingerprint density at radius 1 is 1.29 bits per heavy atom. The molecule has 0 saturated carbocycles. The topological polar surface area (TPSA) is 116 Å². The number of amides is 1. The van der Waals surface area contributed by atoms with Crippen molar-refractivity contribution in [2.75, 3.05) is 32.2 Å². The molecule has 128 valence electrons. The Morgan fingerprint density at radius 2 is 2.12 bits per heavy atom. The molecule has 0 aliphatic heterocycles. The van der Waals surface area contributed by atoms with E-state index in [1.54, 1.807) is 31.4 Å². The summed E-state index contributed by atoms with van der Waals surface area (Å²) in [6, 6.07) is 6.85. The number of aromatic nitrogens is 3. The summed E-state index contributed by atoms with van der Waals surface area (Å²) < 4.78 is 11.4. The van der Waals surface area contributed by atoms with Gasteiger partial charge < -0.3 is 19.9 Å². The second-order valence-corrected chi connectivity index (χ2v) is 4.81. The minimum atomic E-state index is -1.15. The molecule has 9 heteroatoms. The van der Waals surface area contributed by atoms with Gasteiger partial charge in [-0.1, -0.05) is 11.3 Å². The molecule has 24 heavy (non-hydrogen) atoms. The third-order valence-electron chi connectivity index (χ3n) is 3.01. The molecule has 9 nitrogen and oxygen atoms in total. The third kappa shape index (κ3) is 5.14. The van der Waals surface area contributed by atoms with Gasteiger partial charge in [0.15, 0.2) is 5.69 Å². The molecule has 0 spiro atoms. The van der Waals surface area contributed by atoms with E-state index in [1.165, 1.54) is 10.9 Å². The van der Waals surface area contributed by atoms with Crippen LogP contribution in [0.1, 0.15) is 16.9 Å². The predicted molar refractivity (Wildman–Crippen MR) is 84.3 cm³/mol. The molecule has 1 aromatic heterocycles. The number of hydrogen-bond acceptors (Lipinski definition) is 6. The first-order valence-corrected chi connectivity index (χ1v) is 7.23. The molecule has 0 aliphatic carbocycles. The molecule has 0 saturated heterocycles. The van der Waals surface area contributed by atoms with Gasteiger partial charge in [0.2, 0.25) is 5.91 Å². The van der Waals surface area contributed by atoms with Crippen LogP contribution in [0.2, 0.25) is 0 Å². The summed E-state index contributed by atoms with van der Waals surface area (Å²) in [7, 11) is 1.58. The normalized spacial score (nSPS) is 10.5. The van der Waals surface area contributed by atoms with Gasteiger partial charge in [-0.2, -0.15) is 0 Å². The molecule has 0 bridgehead atoms. The van der Waals surface area contributed by atoms with Crippen LogP contribution in [0.5, 0.6) is 0 Å². The monoisotopic (exact) mass is 334 g/mol. The highest BCUT2D eigenvalue weighted by Gasteiger charge is 2.10. The molecule has 1 amide bonds. The van der Waals surface area contributed by atoms with E-state index in [9.17, 15) is 9.59 Å². The largest absolute Gasteiger partial charge is 0.476 e. The van der Waals surface area contributed by atoms with Crippen molar-refractivity contribution in [3.8, 4) is 5.69 Å². The lowest BCUT2D eigenvalue weighted by Crippen LogP contribution is -2.15. The third-order valence-corrected chi connectivity index (χ3v) is 3.01. The second kappa shape index (κ2) is 8.75. The van der Waals surface area contributed by atoms with Gasteiger partial charge in [-0.05, 0) is 18.2 Å². The maximum Gasteiger partial charge on any atom is 0.358 e. The highest BCUT2D eigenvalue weighted by molar-refractivity contribution is 5.91. The van der Waals surface area contributed by atoms with E-state index in [0.29, 0.717) is 31.2 Å². The Balaban J connectivity index is 1.92. The van der Waals surface area contributed by atoms with Crippen molar-refractivity contribution >= 4 is 17.6 Å². The average Bonchev–Trinajstić information content (AvgIpc) is 3.05. The van der Waals surface area contributed by atoms with E-state index in [1.807, 2.05) is 0 Å². The van der Waals surface area contributed by atoms with Gasteiger partial charge in [-0.25, -0.2) is 9.48 Å². The zero-order chi connectivity index (χ0) is 17.4. The number of hydrogen-bond donors (Lipinski definition) is 2. The summed E-state index contributed by atoms with van der Waals surface area (Å²) >= 11 is 0. The Labute approximate surface area is 138 Å². The molecular formula is C15H18N4O5. The van der Waals surface area contributed by atoms with Crippen molar-refractivity contribution in [1.29, 1.82) is 0 Å². The molecule has 1 heterocycles. The average molecular weight is 334 g/mol. The number of carboxylic acids is 1. The Kier molecular flexibility index (Phi) is 6.41. The minimum Gasteiger partial charge on any atom is -0.476 e. The zero-order valence-electron chi connectivity index (χ0n) is 13.1. The van der Waals surface area contributed by atoms with E-state index in [4.69, 9.17) is 14.6 Å². The van der Waals surface area contributed by atoms with Gasteiger partial charge in [0.05, 0.1) is 38.1 Å². The number of rotatable bonds is 9. The first-order chi connectivity index (χ1) is 11.6. The number of carboxylic acid groups (broad SMARTS) is 1. The van der Waals surface area contributed by atoms with Gasteiger partial charge >= 0.3 is 5.97 Å². The Bertz CT molecular complexity index is 701. The number of carbonyl (C=O) groups excluding carboxylic acids is 1. The molecule has 0 fully saturated rings. The van der Waals surface area contributed by atoms with Gasteiger partial charge in [-0.15, -0.1) is 5.10 Å². The van der Waals surface area contributed by atoms with Crippen LogP contribution in [-0.2, 0) is 14.3 Å². The van der Waals surface area contributed by atoms with Gasteiger partial charge in [0.25, 0.3) is 0 Å². The predicted octanol–water partition coefficient (Wildman–Crippen LogP) is 0.957. The van der Waals surface area contributed by atoms with Gasteiger partial charge in [0.1, 0.15) is 0 Å². The highest BCUT2D eigenvalue weighted by Crippen LogP contribution is 2.14. The van der Waals surface area contributed by atoms with Crippen LogP contribution in [0.15, 0.2) is 30.5 Å². The van der Waals surface area contributed by atoms with Crippen molar-refractivity contribution in [3.63, 3.8) is 0 Å². The number of methoxy groups -OCH3 is 1. The van der Waals surface area contributed by atoms with Crippen molar-refractivity contribution in [2.45, 2.75) is 6.42 Å². The molecular weight excluding hydrogens is 316 g/mol. The standard InChI is InChI=1S/C15H18N4O5/c1-23-7-8-24-6-5-14(20)16-11-3-2-4-12(9-11)19-10-13(15(21)22)17-18-19/h2-4,9-10H,5-8H2,1H3,(H,16,20)(H,21,22). The number of ether oxygens (including phenoxy) is 2. The number of aromatic carboxylic acids is 1. The zero-order valence-corrected chi connectivity index (χ0v) is 13.1. The first kappa shape index (κ1) is 17.6. The fraction of sp³-hybridized carbons (Fsp3) is 0.333. The van der Waals surface area contributed by atoms with E-state index < -0.39 is 5.97 Å². The summed E-state index contributed by atoms with van der Waals surface area (Å²) in [4.78, 5) is 22.7. The van der Waals surface area contributed by atoms with E-state index in [2.05, 4.69) is 15.6 Å². The molecule has 2 rings (SSSR count). The van der Waals surface area contributed by atoms with E-state index >= 15 is 0 Å². The lowest BCUT2D eigenvalue weighted by Gasteiger charge is -2.07. The van der Waals surface area contributed by atoms with Crippen LogP contribution in [0, 0.1) is 0 Å². The molecule has 0 aliphatic rings. The summed E-state index contributed by atoms with van der Waals surface area (Å²) in [5.74, 6) is -1.34. The fourth-order valence-electron chi connectivity index (χ4n) is 1.85. The fourth-order valence-corrected chi connectivity index (χ4v) is 1.85. The van der Waals surface area contributed by atoms with Crippen LogP contribution < -0.4 is 5.32 Å². The van der Waals surface area contributed by atoms with Crippen molar-refractivity contribution in [1.82, 2.24) is 15.0 Å². The molecule has 0 atom stereocenters. The number of anilines is 1.